The van der Waals surface area contributed by atoms with Crippen molar-refractivity contribution in [2.24, 2.45) is 0 Å². The number of piperidine rings is 1. The molecule has 0 amide bonds. The highest BCUT2D eigenvalue weighted by molar-refractivity contribution is 5.73. The number of nitrogens with zero attached hydrogens (tertiary/aromatic N) is 4. The maximum absolute atomic E-state index is 10.6. The van der Waals surface area contributed by atoms with E-state index in [0.29, 0.717) is 0 Å². The second kappa shape index (κ2) is 8.70. The number of morpholine rings is 1. The van der Waals surface area contributed by atoms with Gasteiger partial charge < -0.3 is 25.0 Å². The van der Waals surface area contributed by atoms with Crippen molar-refractivity contribution in [2.75, 3.05) is 56.7 Å². The number of anilines is 2. The topological polar surface area (TPSA) is 90.8 Å². The first-order valence-electron chi connectivity index (χ1n) is 8.53. The summed E-state index contributed by atoms with van der Waals surface area (Å²) >= 11 is 0. The number of hydrogen-bond acceptors (Lipinski definition) is 7. The zero-order chi connectivity index (χ0) is 20.1. The molecule has 2 fully saturated rings. The summed E-state index contributed by atoms with van der Waals surface area (Å²) in [6, 6.07) is 1.99. The lowest BCUT2D eigenvalue weighted by molar-refractivity contribution is -0.192. The van der Waals surface area contributed by atoms with Crippen molar-refractivity contribution < 1.29 is 27.8 Å². The smallest absolute Gasteiger partial charge is 0.475 e. The highest BCUT2D eigenvalue weighted by Gasteiger charge is 2.39. The normalized spacial score (nSPS) is 22.8. The van der Waals surface area contributed by atoms with E-state index in [1.165, 1.54) is 0 Å². The Morgan fingerprint density at radius 2 is 2.15 bits per heavy atom. The molecule has 2 N–H and O–H groups in total. The van der Waals surface area contributed by atoms with Crippen LogP contribution in [0.2, 0.25) is 0 Å². The molecule has 1 unspecified atom stereocenters. The fourth-order valence-electron chi connectivity index (χ4n) is 2.99. The van der Waals surface area contributed by atoms with E-state index in [-0.39, 0.29) is 5.60 Å². The van der Waals surface area contributed by atoms with Crippen LogP contribution in [0.3, 0.4) is 0 Å². The number of carbonyl (C=O) groups is 1. The van der Waals surface area contributed by atoms with Gasteiger partial charge in [-0.05, 0) is 18.9 Å². The highest BCUT2D eigenvalue weighted by atomic mass is 19.4. The van der Waals surface area contributed by atoms with Crippen LogP contribution in [-0.2, 0) is 9.53 Å². The first-order valence-corrected chi connectivity index (χ1v) is 8.53. The minimum atomic E-state index is -5.08. The second-order valence-electron chi connectivity index (χ2n) is 6.65. The average Bonchev–Trinajstić information content (AvgIpc) is 2.62. The van der Waals surface area contributed by atoms with Crippen LogP contribution in [0.15, 0.2) is 12.3 Å². The second-order valence-corrected chi connectivity index (χ2v) is 6.65. The summed E-state index contributed by atoms with van der Waals surface area (Å²) in [5, 5.41) is 10.6. The predicted molar refractivity (Wildman–Crippen MR) is 93.0 cm³/mol. The zero-order valence-electron chi connectivity index (χ0n) is 15.3. The average molecular weight is 391 g/mol. The number of carboxylic acids is 1. The van der Waals surface area contributed by atoms with Gasteiger partial charge in [0.05, 0.1) is 12.2 Å². The zero-order valence-corrected chi connectivity index (χ0v) is 15.3. The summed E-state index contributed by atoms with van der Waals surface area (Å²) in [4.78, 5) is 22.1. The van der Waals surface area contributed by atoms with Crippen molar-refractivity contribution in [1.82, 2.24) is 15.3 Å². The van der Waals surface area contributed by atoms with Gasteiger partial charge in [0, 0.05) is 46.5 Å². The molecular formula is C16H24F3N5O3. The lowest BCUT2D eigenvalue weighted by Crippen LogP contribution is -2.59. The van der Waals surface area contributed by atoms with E-state index >= 15 is 0 Å². The Morgan fingerprint density at radius 3 is 2.70 bits per heavy atom. The van der Waals surface area contributed by atoms with Gasteiger partial charge in [-0.2, -0.15) is 18.2 Å². The van der Waals surface area contributed by atoms with Gasteiger partial charge >= 0.3 is 12.1 Å². The van der Waals surface area contributed by atoms with E-state index in [4.69, 9.17) is 14.6 Å². The molecule has 11 heteroatoms. The monoisotopic (exact) mass is 391 g/mol. The summed E-state index contributed by atoms with van der Waals surface area (Å²) in [6.07, 6.45) is -0.982. The molecule has 1 aromatic rings. The number of hydrogen-bond donors (Lipinski definition) is 2. The number of carboxylic acid groups (broad SMARTS) is 1. The fraction of sp³-hybridized carbons (Fsp3) is 0.688. The molecule has 1 atom stereocenters. The van der Waals surface area contributed by atoms with Crippen molar-refractivity contribution in [2.45, 2.75) is 24.6 Å². The van der Waals surface area contributed by atoms with Crippen LogP contribution in [0, 0.1) is 0 Å². The fourth-order valence-corrected chi connectivity index (χ4v) is 2.99. The molecule has 1 spiro atoms. The highest BCUT2D eigenvalue weighted by Crippen LogP contribution is 2.29. The Labute approximate surface area is 155 Å². The maximum Gasteiger partial charge on any atom is 0.490 e. The Bertz CT molecular complexity index is 630. The molecule has 0 bridgehead atoms. The number of halogens is 3. The molecule has 2 saturated heterocycles. The first-order chi connectivity index (χ1) is 12.6. The van der Waals surface area contributed by atoms with Crippen molar-refractivity contribution in [3.63, 3.8) is 0 Å². The number of alkyl halides is 3. The van der Waals surface area contributed by atoms with Crippen LogP contribution >= 0.6 is 0 Å². The molecule has 1 aromatic heterocycles. The van der Waals surface area contributed by atoms with Gasteiger partial charge in [0.2, 0.25) is 5.95 Å². The first kappa shape index (κ1) is 21.2. The van der Waals surface area contributed by atoms with Crippen LogP contribution < -0.4 is 15.1 Å². The van der Waals surface area contributed by atoms with E-state index in [0.717, 1.165) is 57.4 Å². The van der Waals surface area contributed by atoms with E-state index in [1.54, 1.807) is 0 Å². The molecule has 0 saturated carbocycles. The van der Waals surface area contributed by atoms with Gasteiger partial charge in [-0.25, -0.2) is 9.78 Å². The number of rotatable bonds is 2. The molecule has 0 aliphatic carbocycles. The molecule has 2 aliphatic rings. The number of aliphatic carboxylic acids is 1. The molecule has 27 heavy (non-hydrogen) atoms. The third kappa shape index (κ3) is 5.93. The van der Waals surface area contributed by atoms with Crippen LogP contribution in [0.25, 0.3) is 0 Å². The summed E-state index contributed by atoms with van der Waals surface area (Å²) in [5.74, 6) is -1.01. The van der Waals surface area contributed by atoms with Gasteiger partial charge in [0.25, 0.3) is 0 Å². The molecular weight excluding hydrogens is 367 g/mol. The number of aromatic nitrogens is 2. The van der Waals surface area contributed by atoms with Gasteiger partial charge in [0.1, 0.15) is 5.82 Å². The lowest BCUT2D eigenvalue weighted by atomic mass is 9.91. The molecule has 2 aliphatic heterocycles. The lowest BCUT2D eigenvalue weighted by Gasteiger charge is -2.45. The van der Waals surface area contributed by atoms with E-state index in [9.17, 15) is 13.2 Å². The minimum Gasteiger partial charge on any atom is -0.475 e. The van der Waals surface area contributed by atoms with Gasteiger partial charge in [-0.3, -0.25) is 0 Å². The van der Waals surface area contributed by atoms with Gasteiger partial charge in [0.15, 0.2) is 0 Å². The van der Waals surface area contributed by atoms with Crippen LogP contribution in [0.4, 0.5) is 24.9 Å². The van der Waals surface area contributed by atoms with E-state index in [2.05, 4.69) is 20.2 Å². The minimum absolute atomic E-state index is 0.0419. The van der Waals surface area contributed by atoms with Crippen molar-refractivity contribution in [3.8, 4) is 0 Å². The van der Waals surface area contributed by atoms with E-state index in [1.807, 2.05) is 31.3 Å². The summed E-state index contributed by atoms with van der Waals surface area (Å²) in [6.45, 7) is 4.65. The van der Waals surface area contributed by atoms with Crippen LogP contribution in [0.5, 0.6) is 0 Å². The quantitative estimate of drug-likeness (QED) is 0.776. The van der Waals surface area contributed by atoms with Gasteiger partial charge in [-0.15, -0.1) is 0 Å². The number of ether oxygens (including phenoxy) is 1. The van der Waals surface area contributed by atoms with Crippen LogP contribution in [-0.4, -0.2) is 79.7 Å². The standard InChI is InChI=1S/C14H23N5O.C2HF3O2/c1-18(2)13-16-6-4-12(17-13)19-8-3-5-14(11-19)10-15-7-9-20-14;3-2(4,5)1(6)7/h4,6,15H,3,5,7-11H2,1-2H3;(H,6,7). The van der Waals surface area contributed by atoms with Gasteiger partial charge in [-0.1, -0.05) is 0 Å². The van der Waals surface area contributed by atoms with Crippen LogP contribution in [0.1, 0.15) is 12.8 Å². The summed E-state index contributed by atoms with van der Waals surface area (Å²) in [7, 11) is 3.93. The predicted octanol–water partition coefficient (Wildman–Crippen LogP) is 1.13. The molecule has 3 heterocycles. The molecule has 0 aromatic carbocycles. The third-order valence-electron chi connectivity index (χ3n) is 4.27. The van der Waals surface area contributed by atoms with Crippen molar-refractivity contribution in [3.05, 3.63) is 12.3 Å². The Balaban J connectivity index is 0.000000321. The van der Waals surface area contributed by atoms with E-state index < -0.39 is 12.1 Å². The maximum atomic E-state index is 10.6. The summed E-state index contributed by atoms with van der Waals surface area (Å²) in [5.41, 5.74) is -0.0419. The molecule has 8 nitrogen and oxygen atoms in total. The Kier molecular flexibility index (Phi) is 6.82. The third-order valence-corrected chi connectivity index (χ3v) is 4.27. The SMILES string of the molecule is CN(C)c1nccc(N2CCCC3(CNCCO3)C2)n1.O=C(O)C(F)(F)F. The molecule has 152 valence electrons. The largest absolute Gasteiger partial charge is 0.490 e. The molecule has 3 rings (SSSR count). The van der Waals surface area contributed by atoms with Crippen molar-refractivity contribution in [1.29, 1.82) is 0 Å². The summed E-state index contributed by atoms with van der Waals surface area (Å²) < 4.78 is 37.8. The number of nitrogens with one attached hydrogen (secondary N) is 1. The molecule has 0 radical (unpaired) electrons. The van der Waals surface area contributed by atoms with Crippen molar-refractivity contribution >= 4 is 17.7 Å². The Hall–Kier alpha value is -2.14. The Morgan fingerprint density at radius 1 is 1.44 bits per heavy atom.